The normalized spacial score (nSPS) is 23.0. The average molecular weight is 526 g/mol. The number of piperidine rings is 1. The Balaban J connectivity index is 1.16. The van der Waals surface area contributed by atoms with Gasteiger partial charge in [-0.2, -0.15) is 0 Å². The number of carbonyl (C=O) groups is 3. The molecule has 1 aliphatic heterocycles. The van der Waals surface area contributed by atoms with Crippen molar-refractivity contribution in [2.45, 2.75) is 46.2 Å². The molecule has 6 rings (SSSR count). The van der Waals surface area contributed by atoms with Crippen LogP contribution in [-0.4, -0.2) is 57.8 Å². The molecule has 202 valence electrons. The molecule has 8 heteroatoms. The van der Waals surface area contributed by atoms with Gasteiger partial charge in [0.05, 0.1) is 6.04 Å². The number of hydrogen-bond acceptors (Lipinski definition) is 3. The Hall–Kier alpha value is -4.07. The van der Waals surface area contributed by atoms with Crippen molar-refractivity contribution < 1.29 is 14.4 Å². The third kappa shape index (κ3) is 4.58. The van der Waals surface area contributed by atoms with Crippen LogP contribution >= 0.6 is 0 Å². The molecule has 2 aromatic carbocycles. The maximum Gasteiger partial charge on any atom is 0.268 e. The van der Waals surface area contributed by atoms with Gasteiger partial charge in [0.2, 0.25) is 5.91 Å². The van der Waals surface area contributed by atoms with E-state index < -0.39 is 11.5 Å². The quantitative estimate of drug-likeness (QED) is 0.298. The van der Waals surface area contributed by atoms with Crippen molar-refractivity contribution in [1.29, 1.82) is 0 Å². The topological polar surface area (TPSA) is 110 Å². The zero-order chi connectivity index (χ0) is 27.5. The van der Waals surface area contributed by atoms with Crippen LogP contribution < -0.4 is 10.6 Å². The van der Waals surface area contributed by atoms with Gasteiger partial charge >= 0.3 is 0 Å². The smallest absolute Gasteiger partial charge is 0.268 e. The van der Waals surface area contributed by atoms with Gasteiger partial charge in [0.1, 0.15) is 11.7 Å². The first-order valence-corrected chi connectivity index (χ1v) is 13.6. The van der Waals surface area contributed by atoms with E-state index in [9.17, 15) is 14.4 Å². The number of fused-ring (bicyclic) bond motifs is 3. The molecule has 3 heterocycles. The van der Waals surface area contributed by atoms with Gasteiger partial charge in [-0.25, -0.2) is 0 Å². The summed E-state index contributed by atoms with van der Waals surface area (Å²) < 4.78 is 0. The van der Waals surface area contributed by atoms with Gasteiger partial charge in [0.25, 0.3) is 11.8 Å². The van der Waals surface area contributed by atoms with Crippen LogP contribution in [0.4, 0.5) is 0 Å². The van der Waals surface area contributed by atoms with E-state index in [2.05, 4.69) is 27.5 Å². The number of likely N-dealkylation sites (tertiary alicyclic amines) is 1. The van der Waals surface area contributed by atoms with Crippen LogP contribution in [0.3, 0.4) is 0 Å². The average Bonchev–Trinajstić information content (AvgIpc) is 3.28. The van der Waals surface area contributed by atoms with Crippen molar-refractivity contribution in [3.63, 3.8) is 0 Å². The van der Waals surface area contributed by atoms with Gasteiger partial charge < -0.3 is 25.5 Å². The van der Waals surface area contributed by atoms with Crippen LogP contribution in [0, 0.1) is 16.7 Å². The van der Waals surface area contributed by atoms with E-state index in [-0.39, 0.29) is 29.2 Å². The fraction of sp³-hybridized carbons (Fsp3) is 0.387. The summed E-state index contributed by atoms with van der Waals surface area (Å²) in [7, 11) is 0. The van der Waals surface area contributed by atoms with Crippen LogP contribution in [0.25, 0.3) is 21.8 Å². The van der Waals surface area contributed by atoms with Crippen molar-refractivity contribution in [2.75, 3.05) is 13.1 Å². The first kappa shape index (κ1) is 25.2. The van der Waals surface area contributed by atoms with Gasteiger partial charge in [0.15, 0.2) is 0 Å². The van der Waals surface area contributed by atoms with Crippen molar-refractivity contribution in [1.82, 2.24) is 25.5 Å². The number of benzene rings is 2. The van der Waals surface area contributed by atoms with E-state index in [0.29, 0.717) is 30.3 Å². The zero-order valence-electron chi connectivity index (χ0n) is 22.8. The molecule has 0 radical (unpaired) electrons. The summed E-state index contributed by atoms with van der Waals surface area (Å²) >= 11 is 0. The lowest BCUT2D eigenvalue weighted by molar-refractivity contribution is -0.125. The molecule has 3 amide bonds. The Morgan fingerprint density at radius 2 is 1.85 bits per heavy atom. The van der Waals surface area contributed by atoms with Gasteiger partial charge in [-0.15, -0.1) is 0 Å². The summed E-state index contributed by atoms with van der Waals surface area (Å²) in [6.07, 6.45) is 2.92. The monoisotopic (exact) mass is 525 g/mol. The molecular formula is C31H35N5O3. The Kier molecular flexibility index (Phi) is 5.82. The molecule has 2 aliphatic rings. The minimum absolute atomic E-state index is 0.0151. The van der Waals surface area contributed by atoms with E-state index >= 15 is 0 Å². The third-order valence-corrected chi connectivity index (χ3v) is 8.54. The van der Waals surface area contributed by atoms with Crippen LogP contribution in [0.15, 0.2) is 60.8 Å². The number of rotatable bonds is 6. The highest BCUT2D eigenvalue weighted by Crippen LogP contribution is 2.60. The minimum Gasteiger partial charge on any atom is -0.361 e. The summed E-state index contributed by atoms with van der Waals surface area (Å²) in [5.41, 5.74) is 2.43. The van der Waals surface area contributed by atoms with Crippen LogP contribution in [0.5, 0.6) is 0 Å². The molecule has 0 bridgehead atoms. The second-order valence-corrected chi connectivity index (χ2v) is 12.5. The summed E-state index contributed by atoms with van der Waals surface area (Å²) in [5, 5.41) is 8.04. The van der Waals surface area contributed by atoms with Gasteiger partial charge in [-0.05, 0) is 58.9 Å². The van der Waals surface area contributed by atoms with Crippen LogP contribution in [-0.2, 0) is 4.79 Å². The van der Waals surface area contributed by atoms with Gasteiger partial charge in [0, 0.05) is 41.3 Å². The second kappa shape index (κ2) is 9.00. The lowest BCUT2D eigenvalue weighted by atomic mass is 9.86. The van der Waals surface area contributed by atoms with Crippen molar-refractivity contribution >= 4 is 39.5 Å². The highest BCUT2D eigenvalue weighted by Gasteiger charge is 2.62. The largest absolute Gasteiger partial charge is 0.361 e. The number of hydrogen-bond donors (Lipinski definition) is 4. The van der Waals surface area contributed by atoms with E-state index in [1.165, 1.54) is 0 Å². The van der Waals surface area contributed by atoms with Gasteiger partial charge in [-0.1, -0.05) is 52.0 Å². The highest BCUT2D eigenvalue weighted by molar-refractivity contribution is 6.01. The molecule has 1 saturated heterocycles. The number of nitrogens with zero attached hydrogens (tertiary/aromatic N) is 1. The zero-order valence-corrected chi connectivity index (χ0v) is 22.8. The maximum absolute atomic E-state index is 13.6. The fourth-order valence-electron chi connectivity index (χ4n) is 6.16. The third-order valence-electron chi connectivity index (χ3n) is 8.54. The molecule has 4 N–H and O–H groups in total. The summed E-state index contributed by atoms with van der Waals surface area (Å²) in [6, 6.07) is 16.3. The first-order valence-electron chi connectivity index (χ1n) is 13.6. The Bertz CT molecular complexity index is 1560. The van der Waals surface area contributed by atoms with E-state index in [1.807, 2.05) is 80.4 Å². The molecule has 2 unspecified atom stereocenters. The SMILES string of the molecule is CC12CC1[C@@H](CNC(=O)[C@@H](NC(=O)c1cc3ccccc3[nH]1)C(C)(C)C)N(C(=O)c1ccc3cc[nH]c3c1)C2. The first-order chi connectivity index (χ1) is 18.5. The molecule has 8 nitrogen and oxygen atoms in total. The number of nitrogens with one attached hydrogen (secondary N) is 4. The fourth-order valence-corrected chi connectivity index (χ4v) is 6.16. The van der Waals surface area contributed by atoms with E-state index in [0.717, 1.165) is 28.2 Å². The summed E-state index contributed by atoms with van der Waals surface area (Å²) in [4.78, 5) is 48.5. The summed E-state index contributed by atoms with van der Waals surface area (Å²) in [6.45, 7) is 9.05. The lowest BCUT2D eigenvalue weighted by Gasteiger charge is -2.32. The Morgan fingerprint density at radius 1 is 1.05 bits per heavy atom. The highest BCUT2D eigenvalue weighted by atomic mass is 16.2. The maximum atomic E-state index is 13.6. The molecule has 2 aromatic heterocycles. The molecule has 1 saturated carbocycles. The Morgan fingerprint density at radius 3 is 2.62 bits per heavy atom. The van der Waals surface area contributed by atoms with Gasteiger partial charge in [-0.3, -0.25) is 14.4 Å². The number of amides is 3. The molecule has 39 heavy (non-hydrogen) atoms. The number of aromatic amines is 2. The minimum atomic E-state index is -0.747. The number of carbonyl (C=O) groups excluding carboxylic acids is 3. The Labute approximate surface area is 227 Å². The number of aromatic nitrogens is 2. The molecule has 2 fully saturated rings. The number of H-pyrrole nitrogens is 2. The molecule has 4 aromatic rings. The molecule has 1 aliphatic carbocycles. The van der Waals surface area contributed by atoms with E-state index in [4.69, 9.17) is 0 Å². The summed E-state index contributed by atoms with van der Waals surface area (Å²) in [5.74, 6) is -0.238. The van der Waals surface area contributed by atoms with Crippen molar-refractivity contribution in [3.05, 3.63) is 72.1 Å². The molecular weight excluding hydrogens is 490 g/mol. The van der Waals surface area contributed by atoms with Crippen molar-refractivity contribution in [2.24, 2.45) is 16.7 Å². The standard InChI is InChI=1S/C31H35N5O3/c1-30(2,3)26(35-27(37)24-13-19-7-5-6-8-22(19)34-24)28(38)33-16-25-21-15-31(21,4)17-36(25)29(39)20-10-9-18-11-12-32-23(18)14-20/h5-14,21,25-26,32,34H,15-17H2,1-4H3,(H,33,38)(H,35,37)/t21?,25-,26-,31?/m1/s1. The van der Waals surface area contributed by atoms with Crippen LogP contribution in [0.1, 0.15) is 55.0 Å². The number of para-hydroxylation sites is 1. The second-order valence-electron chi connectivity index (χ2n) is 12.5. The molecule has 4 atom stereocenters. The van der Waals surface area contributed by atoms with Crippen molar-refractivity contribution in [3.8, 4) is 0 Å². The van der Waals surface area contributed by atoms with E-state index in [1.54, 1.807) is 6.07 Å². The lowest BCUT2D eigenvalue weighted by Crippen LogP contribution is -2.55. The predicted octanol–water partition coefficient (Wildman–Crippen LogP) is 4.46. The van der Waals surface area contributed by atoms with Crippen LogP contribution in [0.2, 0.25) is 0 Å². The molecule has 0 spiro atoms. The predicted molar refractivity (Wildman–Crippen MR) is 151 cm³/mol.